The summed E-state index contributed by atoms with van der Waals surface area (Å²) in [4.78, 5) is 41.8. The summed E-state index contributed by atoms with van der Waals surface area (Å²) in [6.45, 7) is 6.92. The molecule has 0 saturated carbocycles. The molecule has 0 bridgehead atoms. The molecule has 7 nitrogen and oxygen atoms in total. The number of anilines is 1. The molecule has 0 aliphatic rings. The average molecular weight is 570 g/mol. The van der Waals surface area contributed by atoms with Crippen molar-refractivity contribution >= 4 is 35.2 Å². The van der Waals surface area contributed by atoms with E-state index >= 15 is 0 Å². The second-order valence-electron chi connectivity index (χ2n) is 10.3. The van der Waals surface area contributed by atoms with Crippen LogP contribution in [0.25, 0.3) is 0 Å². The SMILES string of the molecule is C#Cc1ccccc1C(C(=O)Nc1c(C)cccc1Cl)N(C#C)C(=O)C(Cc1ccccc1)NC(=O)OC(C)(C)C. The van der Waals surface area contributed by atoms with E-state index in [1.807, 2.05) is 30.3 Å². The maximum Gasteiger partial charge on any atom is 0.408 e. The summed E-state index contributed by atoms with van der Waals surface area (Å²) < 4.78 is 5.41. The number of rotatable bonds is 8. The fourth-order valence-electron chi connectivity index (χ4n) is 4.18. The first-order chi connectivity index (χ1) is 19.4. The largest absolute Gasteiger partial charge is 0.444 e. The van der Waals surface area contributed by atoms with E-state index in [2.05, 4.69) is 22.6 Å². The lowest BCUT2D eigenvalue weighted by molar-refractivity contribution is -0.136. The highest BCUT2D eigenvalue weighted by Crippen LogP contribution is 2.30. The zero-order valence-electron chi connectivity index (χ0n) is 23.4. The maximum atomic E-state index is 14.1. The number of hydrogen-bond acceptors (Lipinski definition) is 4. The standard InChI is InChI=1S/C33H32ClN3O4/c1-7-24-18-12-13-19-25(24)29(30(38)36-28-22(3)15-14-20-26(28)34)37(8-2)31(39)27(21-23-16-10-9-11-17-23)35-32(40)41-33(4,5)6/h1-2,9-20,27,29H,21H2,3-6H3,(H,35,40)(H,36,38). The first-order valence-corrected chi connectivity index (χ1v) is 13.3. The minimum Gasteiger partial charge on any atom is -0.444 e. The highest BCUT2D eigenvalue weighted by atomic mass is 35.5. The molecule has 210 valence electrons. The molecular formula is C33H32ClN3O4. The summed E-state index contributed by atoms with van der Waals surface area (Å²) in [5, 5.41) is 5.77. The van der Waals surface area contributed by atoms with Gasteiger partial charge in [0, 0.05) is 23.6 Å². The van der Waals surface area contributed by atoms with Crippen LogP contribution in [0.4, 0.5) is 10.5 Å². The molecule has 2 N–H and O–H groups in total. The summed E-state index contributed by atoms with van der Waals surface area (Å²) >= 11 is 6.38. The van der Waals surface area contributed by atoms with E-state index in [1.165, 1.54) is 0 Å². The third-order valence-electron chi connectivity index (χ3n) is 6.04. The number of alkyl carbamates (subject to hydrolysis) is 1. The molecule has 41 heavy (non-hydrogen) atoms. The lowest BCUT2D eigenvalue weighted by Gasteiger charge is -2.31. The van der Waals surface area contributed by atoms with Crippen LogP contribution in [0.3, 0.4) is 0 Å². The second kappa shape index (κ2) is 13.6. The van der Waals surface area contributed by atoms with Crippen LogP contribution >= 0.6 is 11.6 Å². The van der Waals surface area contributed by atoms with Gasteiger partial charge in [-0.25, -0.2) is 4.79 Å². The summed E-state index contributed by atoms with van der Waals surface area (Å²) in [5.41, 5.74) is 1.74. The fourth-order valence-corrected chi connectivity index (χ4v) is 4.45. The van der Waals surface area contributed by atoms with Crippen molar-refractivity contribution < 1.29 is 19.1 Å². The molecule has 0 fully saturated rings. The Kier molecular flexibility index (Phi) is 10.2. The molecule has 0 aliphatic carbocycles. The third kappa shape index (κ3) is 8.14. The Morgan fingerprint density at radius 3 is 2.24 bits per heavy atom. The van der Waals surface area contributed by atoms with Crippen LogP contribution in [0, 0.1) is 31.7 Å². The highest BCUT2D eigenvalue weighted by molar-refractivity contribution is 6.34. The van der Waals surface area contributed by atoms with Crippen LogP contribution in [0.15, 0.2) is 72.8 Å². The van der Waals surface area contributed by atoms with Crippen LogP contribution in [-0.4, -0.2) is 34.5 Å². The van der Waals surface area contributed by atoms with Crippen molar-refractivity contribution in [2.45, 2.75) is 51.8 Å². The van der Waals surface area contributed by atoms with Crippen LogP contribution in [0.2, 0.25) is 5.02 Å². The van der Waals surface area contributed by atoms with Crippen molar-refractivity contribution in [2.24, 2.45) is 0 Å². The monoisotopic (exact) mass is 569 g/mol. The smallest absolute Gasteiger partial charge is 0.408 e. The predicted octanol–water partition coefficient (Wildman–Crippen LogP) is 5.86. The first kappa shape index (κ1) is 30.8. The van der Waals surface area contributed by atoms with Crippen molar-refractivity contribution in [1.82, 2.24) is 10.2 Å². The summed E-state index contributed by atoms with van der Waals surface area (Å²) in [6.07, 6.45) is 11.0. The number of nitrogens with zero attached hydrogens (tertiary/aromatic N) is 1. The first-order valence-electron chi connectivity index (χ1n) is 12.9. The molecule has 3 rings (SSSR count). The van der Waals surface area contributed by atoms with E-state index in [1.54, 1.807) is 70.2 Å². The highest BCUT2D eigenvalue weighted by Gasteiger charge is 2.37. The zero-order chi connectivity index (χ0) is 30.2. The van der Waals surface area contributed by atoms with Gasteiger partial charge < -0.3 is 15.4 Å². The van der Waals surface area contributed by atoms with Gasteiger partial charge in [-0.2, -0.15) is 0 Å². The molecule has 0 aromatic heterocycles. The Hall–Kier alpha value is -4.72. The Morgan fingerprint density at radius 1 is 0.976 bits per heavy atom. The van der Waals surface area contributed by atoms with Crippen LogP contribution in [-0.2, 0) is 20.7 Å². The Morgan fingerprint density at radius 2 is 1.63 bits per heavy atom. The van der Waals surface area contributed by atoms with Crippen molar-refractivity contribution in [3.63, 3.8) is 0 Å². The zero-order valence-corrected chi connectivity index (χ0v) is 24.2. The fraction of sp³-hybridized carbons (Fsp3) is 0.242. The van der Waals surface area contributed by atoms with Gasteiger partial charge >= 0.3 is 6.09 Å². The Labute approximate surface area is 246 Å². The topological polar surface area (TPSA) is 87.7 Å². The quantitative estimate of drug-likeness (QED) is 0.262. The number of halogens is 1. The van der Waals surface area contributed by atoms with Gasteiger partial charge in [0.15, 0.2) is 6.04 Å². The van der Waals surface area contributed by atoms with Gasteiger partial charge in [-0.1, -0.05) is 84.6 Å². The normalized spacial score (nSPS) is 12.2. The molecule has 8 heteroatoms. The summed E-state index contributed by atoms with van der Waals surface area (Å²) in [7, 11) is 0. The molecule has 0 spiro atoms. The van der Waals surface area contributed by atoms with E-state index in [-0.39, 0.29) is 6.42 Å². The maximum absolute atomic E-state index is 14.1. The third-order valence-corrected chi connectivity index (χ3v) is 6.35. The average Bonchev–Trinajstić information content (AvgIpc) is 2.92. The second-order valence-corrected chi connectivity index (χ2v) is 10.7. The number of aryl methyl sites for hydroxylation is 1. The molecule has 3 aromatic rings. The van der Waals surface area contributed by atoms with Crippen LogP contribution in [0.1, 0.15) is 49.1 Å². The van der Waals surface area contributed by atoms with Gasteiger partial charge in [0.25, 0.3) is 11.8 Å². The lowest BCUT2D eigenvalue weighted by Crippen LogP contribution is -2.52. The molecule has 0 saturated heterocycles. The number of hydrogen-bond donors (Lipinski definition) is 2. The Balaban J connectivity index is 2.08. The predicted molar refractivity (Wildman–Crippen MR) is 161 cm³/mol. The molecular weight excluding hydrogens is 538 g/mol. The molecule has 3 aromatic carbocycles. The van der Waals surface area contributed by atoms with Crippen molar-refractivity contribution in [2.75, 3.05) is 5.32 Å². The number of amides is 3. The Bertz CT molecular complexity index is 1480. The number of nitrogens with one attached hydrogen (secondary N) is 2. The molecule has 2 atom stereocenters. The summed E-state index contributed by atoms with van der Waals surface area (Å²) in [6, 6.07) is 20.8. The molecule has 3 amide bonds. The number of para-hydroxylation sites is 1. The van der Waals surface area contributed by atoms with E-state index in [0.29, 0.717) is 27.4 Å². The van der Waals surface area contributed by atoms with Crippen molar-refractivity contribution in [3.8, 4) is 24.8 Å². The van der Waals surface area contributed by atoms with Crippen LogP contribution in [0.5, 0.6) is 0 Å². The van der Waals surface area contributed by atoms with Gasteiger partial charge in [-0.3, -0.25) is 14.5 Å². The van der Waals surface area contributed by atoms with Gasteiger partial charge in [0.2, 0.25) is 0 Å². The molecule has 2 unspecified atom stereocenters. The van der Waals surface area contributed by atoms with Gasteiger partial charge in [0.1, 0.15) is 11.6 Å². The molecule has 0 heterocycles. The van der Waals surface area contributed by atoms with Gasteiger partial charge in [0.05, 0.1) is 10.7 Å². The van der Waals surface area contributed by atoms with E-state index in [4.69, 9.17) is 29.2 Å². The van der Waals surface area contributed by atoms with E-state index in [9.17, 15) is 14.4 Å². The minimum atomic E-state index is -1.35. The van der Waals surface area contributed by atoms with Crippen LogP contribution < -0.4 is 10.6 Å². The van der Waals surface area contributed by atoms with Gasteiger partial charge in [-0.05, 0) is 51.0 Å². The summed E-state index contributed by atoms with van der Waals surface area (Å²) in [5.74, 6) is 1.22. The molecule has 0 aliphatic heterocycles. The van der Waals surface area contributed by atoms with E-state index < -0.39 is 35.6 Å². The minimum absolute atomic E-state index is 0.0891. The van der Waals surface area contributed by atoms with Crippen molar-refractivity contribution in [3.05, 3.63) is 100 Å². The number of benzene rings is 3. The number of carbonyl (C=O) groups is 3. The number of terminal acetylenes is 2. The van der Waals surface area contributed by atoms with E-state index in [0.717, 1.165) is 10.5 Å². The molecule has 0 radical (unpaired) electrons. The van der Waals surface area contributed by atoms with Gasteiger partial charge in [-0.15, -0.1) is 6.42 Å². The number of carbonyl (C=O) groups excluding carboxylic acids is 3. The lowest BCUT2D eigenvalue weighted by atomic mass is 9.97. The number of ether oxygens (including phenoxy) is 1. The van der Waals surface area contributed by atoms with Crippen molar-refractivity contribution in [1.29, 1.82) is 0 Å².